The van der Waals surface area contributed by atoms with Crippen molar-refractivity contribution >= 4 is 34.7 Å². The zero-order valence-corrected chi connectivity index (χ0v) is 15.5. The van der Waals surface area contributed by atoms with Crippen LogP contribution >= 0.6 is 11.6 Å². The molecule has 3 aromatic rings. The van der Waals surface area contributed by atoms with E-state index in [1.807, 2.05) is 18.1 Å². The van der Waals surface area contributed by atoms with Crippen LogP contribution in [0.25, 0.3) is 0 Å². The fourth-order valence-corrected chi connectivity index (χ4v) is 2.65. The number of anilines is 1. The Kier molecular flexibility index (Phi) is 5.41. The molecule has 12 heteroatoms. The number of halogens is 1. The van der Waals surface area contributed by atoms with E-state index in [4.69, 9.17) is 16.3 Å². The molecule has 0 spiro atoms. The molecule has 0 unspecified atom stereocenters. The maximum absolute atomic E-state index is 12.4. The van der Waals surface area contributed by atoms with Gasteiger partial charge in [0.2, 0.25) is 0 Å². The number of carbonyl (C=O) groups excluding carboxylic acids is 1. The number of aromatic nitrogens is 2. The Balaban J connectivity index is 1.90. The second-order valence-corrected chi connectivity index (χ2v) is 6.22. The molecule has 0 saturated carbocycles. The smallest absolute Gasteiger partial charge is 0.362 e. The SMILES string of the molecule is Cc1cccc(Oc2cc(NC(=O)c3n[nH]c([N+](=O)[O-])c3Cl)cc([N+](=O)[O-])c2)c1. The maximum Gasteiger partial charge on any atom is 0.362 e. The number of non-ortho nitro benzene ring substituents is 1. The summed E-state index contributed by atoms with van der Waals surface area (Å²) in [6.07, 6.45) is 0. The molecule has 0 atom stereocenters. The molecule has 2 aromatic carbocycles. The monoisotopic (exact) mass is 417 g/mol. The number of nitro benzene ring substituents is 1. The van der Waals surface area contributed by atoms with Crippen molar-refractivity contribution in [3.8, 4) is 11.5 Å². The van der Waals surface area contributed by atoms with Gasteiger partial charge in [0, 0.05) is 12.1 Å². The Hall–Kier alpha value is -3.99. The summed E-state index contributed by atoms with van der Waals surface area (Å²) in [6.45, 7) is 1.86. The average molecular weight is 418 g/mol. The summed E-state index contributed by atoms with van der Waals surface area (Å²) in [5, 5.41) is 29.5. The lowest BCUT2D eigenvalue weighted by Gasteiger charge is -2.09. The summed E-state index contributed by atoms with van der Waals surface area (Å²) >= 11 is 5.79. The van der Waals surface area contributed by atoms with Crippen LogP contribution in [0.15, 0.2) is 42.5 Å². The Labute approximate surface area is 167 Å². The minimum atomic E-state index is -0.888. The Morgan fingerprint density at radius 1 is 1.14 bits per heavy atom. The highest BCUT2D eigenvalue weighted by molar-refractivity contribution is 6.35. The topological polar surface area (TPSA) is 153 Å². The van der Waals surface area contributed by atoms with Crippen LogP contribution in [0.2, 0.25) is 5.02 Å². The van der Waals surface area contributed by atoms with Crippen LogP contribution in [-0.4, -0.2) is 26.0 Å². The van der Waals surface area contributed by atoms with Crippen LogP contribution in [0, 0.1) is 27.2 Å². The van der Waals surface area contributed by atoms with Crippen LogP contribution in [0.1, 0.15) is 16.1 Å². The van der Waals surface area contributed by atoms with E-state index >= 15 is 0 Å². The number of nitro groups is 2. The number of rotatable bonds is 6. The van der Waals surface area contributed by atoms with Crippen molar-refractivity contribution in [1.29, 1.82) is 0 Å². The quantitative estimate of drug-likeness (QED) is 0.449. The van der Waals surface area contributed by atoms with Crippen LogP contribution in [-0.2, 0) is 0 Å². The van der Waals surface area contributed by atoms with Gasteiger partial charge in [-0.3, -0.25) is 14.9 Å². The van der Waals surface area contributed by atoms with Gasteiger partial charge in [-0.1, -0.05) is 28.8 Å². The van der Waals surface area contributed by atoms with Crippen molar-refractivity contribution in [2.75, 3.05) is 5.32 Å². The minimum absolute atomic E-state index is 0.0218. The van der Waals surface area contributed by atoms with Gasteiger partial charge in [0.25, 0.3) is 11.6 Å². The molecule has 0 aliphatic rings. The van der Waals surface area contributed by atoms with E-state index in [-0.39, 0.29) is 17.1 Å². The third-order valence-electron chi connectivity index (χ3n) is 3.67. The van der Waals surface area contributed by atoms with Crippen molar-refractivity contribution in [2.45, 2.75) is 6.92 Å². The molecule has 148 valence electrons. The second-order valence-electron chi connectivity index (χ2n) is 5.84. The Morgan fingerprint density at radius 3 is 2.52 bits per heavy atom. The van der Waals surface area contributed by atoms with E-state index in [0.717, 1.165) is 11.6 Å². The van der Waals surface area contributed by atoms with E-state index in [9.17, 15) is 25.0 Å². The lowest BCUT2D eigenvalue weighted by Crippen LogP contribution is -2.13. The predicted molar refractivity (Wildman–Crippen MR) is 103 cm³/mol. The molecule has 0 radical (unpaired) electrons. The first-order chi connectivity index (χ1) is 13.7. The summed E-state index contributed by atoms with van der Waals surface area (Å²) in [7, 11) is 0. The first kappa shape index (κ1) is 19.8. The molecule has 29 heavy (non-hydrogen) atoms. The molecule has 0 saturated heterocycles. The standard InChI is InChI=1S/C17H12ClN5O6/c1-9-3-2-4-12(5-9)29-13-7-10(6-11(8-13)22(25)26)19-17(24)15-14(18)16(21-20-15)23(27)28/h2-8H,1H3,(H,19,24)(H,20,21). The summed E-state index contributed by atoms with van der Waals surface area (Å²) in [6, 6.07) is 10.7. The van der Waals surface area contributed by atoms with Crippen molar-refractivity contribution in [2.24, 2.45) is 0 Å². The highest BCUT2D eigenvalue weighted by Crippen LogP contribution is 2.31. The summed E-state index contributed by atoms with van der Waals surface area (Å²) < 4.78 is 5.64. The molecule has 0 aliphatic heterocycles. The lowest BCUT2D eigenvalue weighted by molar-refractivity contribution is -0.389. The fraction of sp³-hybridized carbons (Fsp3) is 0.0588. The molecule has 0 bridgehead atoms. The number of hydrogen-bond donors (Lipinski definition) is 2. The van der Waals surface area contributed by atoms with Crippen molar-refractivity contribution in [3.63, 3.8) is 0 Å². The molecule has 1 heterocycles. The lowest BCUT2D eigenvalue weighted by atomic mass is 10.2. The molecule has 0 fully saturated rings. The van der Waals surface area contributed by atoms with Gasteiger partial charge >= 0.3 is 5.82 Å². The second kappa shape index (κ2) is 7.94. The van der Waals surface area contributed by atoms with Gasteiger partial charge in [0.15, 0.2) is 10.7 Å². The number of carbonyl (C=O) groups is 1. The number of benzene rings is 2. The van der Waals surface area contributed by atoms with E-state index in [1.165, 1.54) is 12.1 Å². The van der Waals surface area contributed by atoms with E-state index in [2.05, 4.69) is 10.4 Å². The van der Waals surface area contributed by atoms with E-state index in [0.29, 0.717) is 5.75 Å². The van der Waals surface area contributed by atoms with Gasteiger partial charge in [-0.2, -0.15) is 0 Å². The Morgan fingerprint density at radius 2 is 1.90 bits per heavy atom. The van der Waals surface area contributed by atoms with Crippen LogP contribution in [0.5, 0.6) is 11.5 Å². The number of ether oxygens (including phenoxy) is 1. The Bertz CT molecular complexity index is 1130. The third kappa shape index (κ3) is 4.47. The number of amides is 1. The van der Waals surface area contributed by atoms with Gasteiger partial charge < -0.3 is 20.2 Å². The molecule has 1 aromatic heterocycles. The van der Waals surface area contributed by atoms with E-state index in [1.54, 1.807) is 18.2 Å². The molecule has 1 amide bonds. The van der Waals surface area contributed by atoms with E-state index < -0.39 is 32.3 Å². The maximum atomic E-state index is 12.4. The first-order valence-corrected chi connectivity index (χ1v) is 8.36. The van der Waals surface area contributed by atoms with Crippen molar-refractivity contribution in [1.82, 2.24) is 10.2 Å². The van der Waals surface area contributed by atoms with Crippen molar-refractivity contribution < 1.29 is 19.4 Å². The molecule has 2 N–H and O–H groups in total. The first-order valence-electron chi connectivity index (χ1n) is 7.98. The molecule has 0 aliphatic carbocycles. The molecule has 3 rings (SSSR count). The molecule has 11 nitrogen and oxygen atoms in total. The van der Waals surface area contributed by atoms with Gasteiger partial charge in [-0.05, 0) is 29.5 Å². The number of nitrogens with one attached hydrogen (secondary N) is 2. The zero-order valence-electron chi connectivity index (χ0n) is 14.7. The van der Waals surface area contributed by atoms with Crippen molar-refractivity contribution in [3.05, 3.63) is 79.0 Å². The summed E-state index contributed by atoms with van der Waals surface area (Å²) in [5.74, 6) is -0.964. The number of aryl methyl sites for hydroxylation is 1. The number of aromatic amines is 1. The van der Waals surface area contributed by atoms with Gasteiger partial charge in [-0.25, -0.2) is 0 Å². The summed E-state index contributed by atoms with van der Waals surface area (Å²) in [5.41, 5.74) is 0.195. The van der Waals surface area contributed by atoms with Crippen LogP contribution < -0.4 is 10.1 Å². The third-order valence-corrected chi connectivity index (χ3v) is 4.03. The van der Waals surface area contributed by atoms with Crippen LogP contribution in [0.4, 0.5) is 17.2 Å². The largest absolute Gasteiger partial charge is 0.457 e. The van der Waals surface area contributed by atoms with Gasteiger partial charge in [-0.15, -0.1) is 5.10 Å². The highest BCUT2D eigenvalue weighted by Gasteiger charge is 2.25. The number of hydrogen-bond acceptors (Lipinski definition) is 7. The average Bonchev–Trinajstić information content (AvgIpc) is 3.03. The number of nitrogens with zero attached hydrogens (tertiary/aromatic N) is 3. The van der Waals surface area contributed by atoms with Crippen LogP contribution in [0.3, 0.4) is 0 Å². The predicted octanol–water partition coefficient (Wildman–Crippen LogP) is 4.23. The van der Waals surface area contributed by atoms with Gasteiger partial charge in [0.1, 0.15) is 11.5 Å². The number of H-pyrrole nitrogens is 1. The molecular weight excluding hydrogens is 406 g/mol. The minimum Gasteiger partial charge on any atom is -0.457 e. The highest BCUT2D eigenvalue weighted by atomic mass is 35.5. The fourth-order valence-electron chi connectivity index (χ4n) is 2.42. The van der Waals surface area contributed by atoms with Gasteiger partial charge in [0.05, 0.1) is 16.7 Å². The zero-order chi connectivity index (χ0) is 21.1. The summed E-state index contributed by atoms with van der Waals surface area (Å²) in [4.78, 5) is 32.9. The normalized spacial score (nSPS) is 10.4. The molecular formula is C17H12ClN5O6.